The lowest BCUT2D eigenvalue weighted by Gasteiger charge is -2.17. The van der Waals surface area contributed by atoms with Crippen molar-refractivity contribution in [1.29, 1.82) is 0 Å². The van der Waals surface area contributed by atoms with E-state index in [0.717, 1.165) is 11.4 Å². The molecule has 1 aromatic heterocycles. The molecule has 0 bridgehead atoms. The molecule has 0 fully saturated rings. The predicted molar refractivity (Wildman–Crippen MR) is 82.6 cm³/mol. The molecule has 0 saturated carbocycles. The highest BCUT2D eigenvalue weighted by Gasteiger charge is 2.22. The predicted octanol–water partition coefficient (Wildman–Crippen LogP) is 2.64. The number of benzene rings is 1. The zero-order valence-electron chi connectivity index (χ0n) is 12.8. The lowest BCUT2D eigenvalue weighted by molar-refractivity contribution is -0.123. The first-order valence-electron chi connectivity index (χ1n) is 6.97. The number of likely N-dealkylation sites (N-methyl/N-ethyl adjacent to an activating group) is 1. The minimum absolute atomic E-state index is 0.0148. The van der Waals surface area contributed by atoms with Crippen LogP contribution in [-0.2, 0) is 4.79 Å². The lowest BCUT2D eigenvalue weighted by Crippen LogP contribution is -2.29. The van der Waals surface area contributed by atoms with Gasteiger partial charge in [-0.15, -0.1) is 0 Å². The molecule has 110 valence electrons. The highest BCUT2D eigenvalue weighted by Crippen LogP contribution is 2.23. The van der Waals surface area contributed by atoms with Gasteiger partial charge in [0.2, 0.25) is 5.91 Å². The van der Waals surface area contributed by atoms with Crippen molar-refractivity contribution in [2.24, 2.45) is 0 Å². The van der Waals surface area contributed by atoms with E-state index < -0.39 is 0 Å². The summed E-state index contributed by atoms with van der Waals surface area (Å²) in [5.74, 6) is -0.0884. The van der Waals surface area contributed by atoms with E-state index in [2.05, 4.69) is 5.32 Å². The Labute approximate surface area is 124 Å². The van der Waals surface area contributed by atoms with Crippen LogP contribution in [0, 0.1) is 13.8 Å². The number of hydrogen-bond donors (Lipinski definition) is 1. The number of carbonyl (C=O) groups excluding carboxylic acids is 2. The molecule has 1 aromatic carbocycles. The fourth-order valence-corrected chi connectivity index (χ4v) is 2.67. The van der Waals surface area contributed by atoms with E-state index in [0.29, 0.717) is 11.1 Å². The van der Waals surface area contributed by atoms with Crippen molar-refractivity contribution < 1.29 is 9.59 Å². The Hall–Kier alpha value is -2.36. The smallest absolute Gasteiger partial charge is 0.242 e. The maximum absolute atomic E-state index is 12.6. The third kappa shape index (κ3) is 2.75. The van der Waals surface area contributed by atoms with E-state index in [1.807, 2.05) is 49.6 Å². The van der Waals surface area contributed by atoms with Gasteiger partial charge in [0.15, 0.2) is 5.78 Å². The van der Waals surface area contributed by atoms with E-state index in [1.54, 1.807) is 19.2 Å². The Morgan fingerprint density at radius 2 is 1.76 bits per heavy atom. The maximum atomic E-state index is 12.6. The molecule has 2 aromatic rings. The summed E-state index contributed by atoms with van der Waals surface area (Å²) in [4.78, 5) is 24.4. The normalized spacial score (nSPS) is 12.0. The SMILES string of the molecule is CNC(=O)C(C)n1c(C)cc(C(=O)c2ccccc2)c1C. The summed E-state index contributed by atoms with van der Waals surface area (Å²) in [6, 6.07) is 10.7. The molecule has 4 nitrogen and oxygen atoms in total. The highest BCUT2D eigenvalue weighted by atomic mass is 16.2. The van der Waals surface area contributed by atoms with Crippen LogP contribution in [0.25, 0.3) is 0 Å². The van der Waals surface area contributed by atoms with Crippen LogP contribution in [-0.4, -0.2) is 23.3 Å². The van der Waals surface area contributed by atoms with E-state index in [4.69, 9.17) is 0 Å². The van der Waals surface area contributed by atoms with Gasteiger partial charge in [-0.25, -0.2) is 0 Å². The molecule has 1 unspecified atom stereocenters. The summed E-state index contributed by atoms with van der Waals surface area (Å²) in [5.41, 5.74) is 3.03. The number of rotatable bonds is 4. The van der Waals surface area contributed by atoms with Crippen LogP contribution in [0.4, 0.5) is 0 Å². The standard InChI is InChI=1S/C17H20N2O2/c1-11-10-15(16(20)14-8-6-5-7-9-14)12(2)19(11)13(3)17(21)18-4/h5-10,13H,1-4H3,(H,18,21). The third-order valence-corrected chi connectivity index (χ3v) is 3.78. The number of nitrogens with zero attached hydrogens (tertiary/aromatic N) is 1. The molecule has 2 rings (SSSR count). The average Bonchev–Trinajstić information content (AvgIpc) is 2.80. The van der Waals surface area contributed by atoms with Crippen molar-refractivity contribution in [3.05, 3.63) is 58.9 Å². The molecule has 0 aliphatic carbocycles. The Balaban J connectivity index is 2.44. The minimum atomic E-state index is -0.340. The Kier molecular flexibility index (Phi) is 4.26. The van der Waals surface area contributed by atoms with Crippen molar-refractivity contribution in [2.45, 2.75) is 26.8 Å². The van der Waals surface area contributed by atoms with Crippen LogP contribution < -0.4 is 5.32 Å². The molecular formula is C17H20N2O2. The van der Waals surface area contributed by atoms with E-state index in [1.165, 1.54) is 0 Å². The number of hydrogen-bond acceptors (Lipinski definition) is 2. The molecule has 1 heterocycles. The number of ketones is 1. The lowest BCUT2D eigenvalue weighted by atomic mass is 10.0. The Morgan fingerprint density at radius 1 is 1.14 bits per heavy atom. The first-order valence-corrected chi connectivity index (χ1v) is 6.97. The number of aryl methyl sites for hydroxylation is 1. The van der Waals surface area contributed by atoms with Crippen LogP contribution in [0.5, 0.6) is 0 Å². The molecule has 4 heteroatoms. The fraction of sp³-hybridized carbons (Fsp3) is 0.294. The van der Waals surface area contributed by atoms with Crippen LogP contribution in [0.1, 0.15) is 40.3 Å². The van der Waals surface area contributed by atoms with Gasteiger partial charge in [0.25, 0.3) is 0 Å². The van der Waals surface area contributed by atoms with E-state index >= 15 is 0 Å². The first kappa shape index (κ1) is 15.0. The molecule has 21 heavy (non-hydrogen) atoms. The van der Waals surface area contributed by atoms with E-state index in [9.17, 15) is 9.59 Å². The molecule has 0 saturated heterocycles. The van der Waals surface area contributed by atoms with Crippen molar-refractivity contribution in [2.75, 3.05) is 7.05 Å². The molecule has 1 amide bonds. The summed E-state index contributed by atoms with van der Waals surface area (Å²) in [7, 11) is 1.61. The zero-order chi connectivity index (χ0) is 15.6. The van der Waals surface area contributed by atoms with Crippen LogP contribution in [0.3, 0.4) is 0 Å². The monoisotopic (exact) mass is 284 g/mol. The van der Waals surface area contributed by atoms with Gasteiger partial charge in [-0.3, -0.25) is 9.59 Å². The topological polar surface area (TPSA) is 51.1 Å². The highest BCUT2D eigenvalue weighted by molar-refractivity contribution is 6.10. The first-order chi connectivity index (χ1) is 9.97. The molecule has 0 aliphatic rings. The molecule has 1 N–H and O–H groups in total. The van der Waals surface area contributed by atoms with Gasteiger partial charge in [0.05, 0.1) is 0 Å². The summed E-state index contributed by atoms with van der Waals surface area (Å²) in [5, 5.41) is 2.64. The number of nitrogens with one attached hydrogen (secondary N) is 1. The molecule has 0 spiro atoms. The number of carbonyl (C=O) groups is 2. The Bertz CT molecular complexity index is 672. The molecule has 0 radical (unpaired) electrons. The molecule has 0 aliphatic heterocycles. The van der Waals surface area contributed by atoms with Gasteiger partial charge < -0.3 is 9.88 Å². The van der Waals surface area contributed by atoms with Gasteiger partial charge in [0, 0.05) is 29.6 Å². The largest absolute Gasteiger partial charge is 0.357 e. The number of amides is 1. The quantitative estimate of drug-likeness (QED) is 0.877. The van der Waals surface area contributed by atoms with Crippen molar-refractivity contribution in [3.8, 4) is 0 Å². The number of aromatic nitrogens is 1. The molecule has 1 atom stereocenters. The van der Waals surface area contributed by atoms with Crippen molar-refractivity contribution >= 4 is 11.7 Å². The molecular weight excluding hydrogens is 264 g/mol. The van der Waals surface area contributed by atoms with Gasteiger partial charge in [-0.2, -0.15) is 0 Å². The minimum Gasteiger partial charge on any atom is -0.357 e. The van der Waals surface area contributed by atoms with Gasteiger partial charge in [-0.05, 0) is 26.8 Å². The third-order valence-electron chi connectivity index (χ3n) is 3.78. The second-order valence-corrected chi connectivity index (χ2v) is 5.14. The van der Waals surface area contributed by atoms with Crippen LogP contribution >= 0.6 is 0 Å². The van der Waals surface area contributed by atoms with Crippen LogP contribution in [0.2, 0.25) is 0 Å². The van der Waals surface area contributed by atoms with Gasteiger partial charge in [-0.1, -0.05) is 30.3 Å². The summed E-state index contributed by atoms with van der Waals surface area (Å²) < 4.78 is 1.90. The summed E-state index contributed by atoms with van der Waals surface area (Å²) in [6.45, 7) is 5.62. The van der Waals surface area contributed by atoms with Crippen LogP contribution in [0.15, 0.2) is 36.4 Å². The second-order valence-electron chi connectivity index (χ2n) is 5.14. The van der Waals surface area contributed by atoms with E-state index in [-0.39, 0.29) is 17.7 Å². The van der Waals surface area contributed by atoms with Crippen molar-refractivity contribution in [1.82, 2.24) is 9.88 Å². The van der Waals surface area contributed by atoms with Gasteiger partial charge in [0.1, 0.15) is 6.04 Å². The zero-order valence-corrected chi connectivity index (χ0v) is 12.8. The second kappa shape index (κ2) is 5.95. The fourth-order valence-electron chi connectivity index (χ4n) is 2.67. The van der Waals surface area contributed by atoms with Crippen molar-refractivity contribution in [3.63, 3.8) is 0 Å². The maximum Gasteiger partial charge on any atom is 0.242 e. The Morgan fingerprint density at radius 3 is 2.33 bits per heavy atom. The summed E-state index contributed by atoms with van der Waals surface area (Å²) >= 11 is 0. The van der Waals surface area contributed by atoms with Gasteiger partial charge >= 0.3 is 0 Å². The average molecular weight is 284 g/mol. The summed E-state index contributed by atoms with van der Waals surface area (Å²) in [6.07, 6.45) is 0.